The Morgan fingerprint density at radius 3 is 2.41 bits per heavy atom. The number of hydrogen-bond acceptors (Lipinski definition) is 2. The van der Waals surface area contributed by atoms with E-state index < -0.39 is 0 Å². The molecule has 17 heavy (non-hydrogen) atoms. The maximum atomic E-state index is 12.4. The third kappa shape index (κ3) is 2.43. The first-order valence-corrected chi connectivity index (χ1v) is 6.25. The third-order valence-electron chi connectivity index (χ3n) is 3.49. The number of rotatable bonds is 1. The van der Waals surface area contributed by atoms with E-state index in [4.69, 9.17) is 5.73 Å². The van der Waals surface area contributed by atoms with Gasteiger partial charge >= 0.3 is 0 Å². The van der Waals surface area contributed by atoms with Crippen LogP contribution in [0, 0.1) is 13.8 Å². The van der Waals surface area contributed by atoms with Crippen molar-refractivity contribution in [2.24, 2.45) is 0 Å². The van der Waals surface area contributed by atoms with Crippen LogP contribution in [0.25, 0.3) is 0 Å². The number of benzene rings is 1. The monoisotopic (exact) mass is 232 g/mol. The lowest BCUT2D eigenvalue weighted by molar-refractivity contribution is 0.0723. The molecular weight excluding hydrogens is 212 g/mol. The Hall–Kier alpha value is -1.51. The number of carbonyl (C=O) groups excluding carboxylic acids is 1. The fourth-order valence-electron chi connectivity index (χ4n) is 2.37. The zero-order valence-electron chi connectivity index (χ0n) is 10.6. The lowest BCUT2D eigenvalue weighted by Crippen LogP contribution is -2.36. The summed E-state index contributed by atoms with van der Waals surface area (Å²) in [6.45, 7) is 5.71. The molecule has 0 saturated carbocycles. The van der Waals surface area contributed by atoms with Crippen LogP contribution in [0.4, 0.5) is 5.69 Å². The van der Waals surface area contributed by atoms with Gasteiger partial charge in [0.15, 0.2) is 0 Å². The maximum absolute atomic E-state index is 12.4. The first kappa shape index (κ1) is 12.0. The summed E-state index contributed by atoms with van der Waals surface area (Å²) in [7, 11) is 0. The van der Waals surface area contributed by atoms with Gasteiger partial charge in [0.2, 0.25) is 0 Å². The normalized spacial score (nSPS) is 16.0. The molecule has 0 aliphatic carbocycles. The number of likely N-dealkylation sites (tertiary alicyclic amines) is 1. The molecule has 3 heteroatoms. The van der Waals surface area contributed by atoms with Gasteiger partial charge in [-0.25, -0.2) is 0 Å². The standard InChI is InChI=1S/C14H20N2O/c1-10-8-11(2)13(15)9-12(10)14(17)16-6-4-3-5-7-16/h8-9H,3-7,15H2,1-2H3. The molecule has 0 aromatic heterocycles. The molecule has 1 amide bonds. The Balaban J connectivity index is 2.26. The molecule has 1 aromatic carbocycles. The molecule has 1 heterocycles. The van der Waals surface area contributed by atoms with Crippen LogP contribution in [-0.2, 0) is 0 Å². The number of piperidine rings is 1. The zero-order valence-corrected chi connectivity index (χ0v) is 10.6. The van der Waals surface area contributed by atoms with E-state index in [2.05, 4.69) is 0 Å². The molecule has 2 N–H and O–H groups in total. The highest BCUT2D eigenvalue weighted by Gasteiger charge is 2.20. The van der Waals surface area contributed by atoms with Crippen molar-refractivity contribution < 1.29 is 4.79 Å². The summed E-state index contributed by atoms with van der Waals surface area (Å²) >= 11 is 0. The molecule has 92 valence electrons. The fraction of sp³-hybridized carbons (Fsp3) is 0.500. The zero-order chi connectivity index (χ0) is 12.4. The van der Waals surface area contributed by atoms with Crippen LogP contribution in [0.1, 0.15) is 40.7 Å². The predicted octanol–water partition coefficient (Wildman–Crippen LogP) is 2.51. The van der Waals surface area contributed by atoms with Gasteiger partial charge in [-0.3, -0.25) is 4.79 Å². The van der Waals surface area contributed by atoms with Gasteiger partial charge in [-0.1, -0.05) is 6.07 Å². The highest BCUT2D eigenvalue weighted by Crippen LogP contribution is 2.21. The molecule has 0 radical (unpaired) electrons. The summed E-state index contributed by atoms with van der Waals surface area (Å²) in [5, 5.41) is 0. The number of carbonyl (C=O) groups is 1. The number of amides is 1. The number of anilines is 1. The summed E-state index contributed by atoms with van der Waals surface area (Å²) < 4.78 is 0. The Kier molecular flexibility index (Phi) is 3.36. The number of nitrogen functional groups attached to an aromatic ring is 1. The van der Waals surface area contributed by atoms with Gasteiger partial charge in [0.25, 0.3) is 5.91 Å². The molecular formula is C14H20N2O. The lowest BCUT2D eigenvalue weighted by atomic mass is 10.0. The number of nitrogens with two attached hydrogens (primary N) is 1. The van der Waals surface area contributed by atoms with E-state index in [0.29, 0.717) is 5.69 Å². The van der Waals surface area contributed by atoms with Crippen molar-refractivity contribution in [1.29, 1.82) is 0 Å². The Labute approximate surface area is 103 Å². The maximum Gasteiger partial charge on any atom is 0.254 e. The molecule has 1 aliphatic heterocycles. The molecule has 1 saturated heterocycles. The minimum Gasteiger partial charge on any atom is -0.398 e. The van der Waals surface area contributed by atoms with Gasteiger partial charge in [-0.15, -0.1) is 0 Å². The van der Waals surface area contributed by atoms with Gasteiger partial charge in [-0.2, -0.15) is 0 Å². The third-order valence-corrected chi connectivity index (χ3v) is 3.49. The smallest absolute Gasteiger partial charge is 0.254 e. The molecule has 0 unspecified atom stereocenters. The molecule has 0 spiro atoms. The second-order valence-electron chi connectivity index (χ2n) is 4.88. The lowest BCUT2D eigenvalue weighted by Gasteiger charge is -2.27. The van der Waals surface area contributed by atoms with E-state index in [0.717, 1.165) is 42.6 Å². The second kappa shape index (κ2) is 4.78. The summed E-state index contributed by atoms with van der Waals surface area (Å²) in [5.41, 5.74) is 9.41. The highest BCUT2D eigenvalue weighted by atomic mass is 16.2. The fourth-order valence-corrected chi connectivity index (χ4v) is 2.37. The van der Waals surface area contributed by atoms with Gasteiger partial charge in [-0.05, 0) is 50.3 Å². The molecule has 0 bridgehead atoms. The van der Waals surface area contributed by atoms with Gasteiger partial charge < -0.3 is 10.6 Å². The molecule has 1 aliphatic rings. The van der Waals surface area contributed by atoms with Crippen molar-refractivity contribution in [3.8, 4) is 0 Å². The van der Waals surface area contributed by atoms with Crippen molar-refractivity contribution in [2.45, 2.75) is 33.1 Å². The van der Waals surface area contributed by atoms with Crippen molar-refractivity contribution in [3.63, 3.8) is 0 Å². The average Bonchev–Trinajstić information content (AvgIpc) is 2.34. The van der Waals surface area contributed by atoms with E-state index in [1.165, 1.54) is 6.42 Å². The van der Waals surface area contributed by atoms with Crippen LogP contribution in [-0.4, -0.2) is 23.9 Å². The number of hydrogen-bond donors (Lipinski definition) is 1. The SMILES string of the molecule is Cc1cc(C)c(C(=O)N2CCCCC2)cc1N. The van der Waals surface area contributed by atoms with Crippen molar-refractivity contribution >= 4 is 11.6 Å². The van der Waals surface area contributed by atoms with Crippen LogP contribution < -0.4 is 5.73 Å². The second-order valence-corrected chi connectivity index (χ2v) is 4.88. The summed E-state index contributed by atoms with van der Waals surface area (Å²) in [6, 6.07) is 3.81. The summed E-state index contributed by atoms with van der Waals surface area (Å²) in [4.78, 5) is 14.3. The minimum atomic E-state index is 0.133. The quantitative estimate of drug-likeness (QED) is 0.756. The Bertz CT molecular complexity index is 434. The average molecular weight is 232 g/mol. The first-order chi connectivity index (χ1) is 8.09. The van der Waals surface area contributed by atoms with Crippen molar-refractivity contribution in [1.82, 2.24) is 4.90 Å². The van der Waals surface area contributed by atoms with E-state index in [1.807, 2.05) is 30.9 Å². The van der Waals surface area contributed by atoms with E-state index >= 15 is 0 Å². The van der Waals surface area contributed by atoms with E-state index in [9.17, 15) is 4.79 Å². The Morgan fingerprint density at radius 2 is 1.76 bits per heavy atom. The highest BCUT2D eigenvalue weighted by molar-refractivity contribution is 5.96. The summed E-state index contributed by atoms with van der Waals surface area (Å²) in [5.74, 6) is 0.133. The summed E-state index contributed by atoms with van der Waals surface area (Å²) in [6.07, 6.45) is 3.47. The van der Waals surface area contributed by atoms with Crippen LogP contribution in [0.15, 0.2) is 12.1 Å². The van der Waals surface area contributed by atoms with E-state index in [1.54, 1.807) is 0 Å². The van der Waals surface area contributed by atoms with Gasteiger partial charge in [0.1, 0.15) is 0 Å². The minimum absolute atomic E-state index is 0.133. The number of nitrogens with zero attached hydrogens (tertiary/aromatic N) is 1. The molecule has 1 aromatic rings. The molecule has 1 fully saturated rings. The topological polar surface area (TPSA) is 46.3 Å². The predicted molar refractivity (Wildman–Crippen MR) is 70.1 cm³/mol. The molecule has 3 nitrogen and oxygen atoms in total. The van der Waals surface area contributed by atoms with Crippen molar-refractivity contribution in [3.05, 3.63) is 28.8 Å². The van der Waals surface area contributed by atoms with Crippen molar-refractivity contribution in [2.75, 3.05) is 18.8 Å². The Morgan fingerprint density at radius 1 is 1.12 bits per heavy atom. The van der Waals surface area contributed by atoms with Crippen LogP contribution >= 0.6 is 0 Å². The van der Waals surface area contributed by atoms with Crippen LogP contribution in [0.2, 0.25) is 0 Å². The van der Waals surface area contributed by atoms with Crippen LogP contribution in [0.5, 0.6) is 0 Å². The van der Waals surface area contributed by atoms with E-state index in [-0.39, 0.29) is 5.91 Å². The largest absolute Gasteiger partial charge is 0.398 e. The van der Waals surface area contributed by atoms with Gasteiger partial charge in [0.05, 0.1) is 0 Å². The van der Waals surface area contributed by atoms with Crippen LogP contribution in [0.3, 0.4) is 0 Å². The van der Waals surface area contributed by atoms with Gasteiger partial charge in [0, 0.05) is 24.3 Å². The number of aryl methyl sites for hydroxylation is 2. The molecule has 0 atom stereocenters. The first-order valence-electron chi connectivity index (χ1n) is 6.25. The molecule has 2 rings (SSSR count).